The first-order valence-electron chi connectivity index (χ1n) is 15.6. The number of rotatable bonds is 8. The molecule has 1 aromatic carbocycles. The Labute approximate surface area is 244 Å². The number of aliphatic hydroxyl groups excluding tert-OH is 2. The number of carboxylic acid groups (broad SMARTS) is 1. The van der Waals surface area contributed by atoms with Crippen LogP contribution in [0.4, 0.5) is 0 Å². The summed E-state index contributed by atoms with van der Waals surface area (Å²) in [5, 5.41) is 30.7. The average molecular weight is 569 g/mol. The van der Waals surface area contributed by atoms with Crippen LogP contribution in [-0.4, -0.2) is 46.6 Å². The van der Waals surface area contributed by atoms with Gasteiger partial charge in [-0.3, -0.25) is 4.79 Å². The van der Waals surface area contributed by atoms with E-state index >= 15 is 0 Å². The quantitative estimate of drug-likeness (QED) is 0.197. The molecular formula is C34H48O7. The van der Waals surface area contributed by atoms with Crippen LogP contribution >= 0.6 is 0 Å². The third-order valence-electron chi connectivity index (χ3n) is 12.0. The Hall–Kier alpha value is -2.38. The zero-order valence-electron chi connectivity index (χ0n) is 25.1. The minimum Gasteiger partial charge on any atom is -0.493 e. The number of hydrogen-bond acceptors (Lipinski definition) is 6. The van der Waals surface area contributed by atoms with Crippen molar-refractivity contribution < 1.29 is 34.4 Å². The van der Waals surface area contributed by atoms with Crippen molar-refractivity contribution >= 4 is 18.0 Å². The lowest BCUT2D eigenvalue weighted by atomic mass is 9.43. The van der Waals surface area contributed by atoms with Crippen LogP contribution in [0.25, 0.3) is 6.08 Å². The third-order valence-corrected chi connectivity index (χ3v) is 12.0. The van der Waals surface area contributed by atoms with Gasteiger partial charge in [-0.25, -0.2) is 4.79 Å². The number of carbonyl (C=O) groups is 2. The molecule has 10 atom stereocenters. The second-order valence-electron chi connectivity index (χ2n) is 14.0. The van der Waals surface area contributed by atoms with E-state index in [4.69, 9.17) is 14.6 Å². The molecule has 0 saturated heterocycles. The van der Waals surface area contributed by atoms with Gasteiger partial charge in [0.05, 0.1) is 19.3 Å². The van der Waals surface area contributed by atoms with Crippen molar-refractivity contribution in [1.82, 2.24) is 0 Å². The molecule has 4 fully saturated rings. The van der Waals surface area contributed by atoms with E-state index in [2.05, 4.69) is 20.8 Å². The summed E-state index contributed by atoms with van der Waals surface area (Å²) in [5.41, 5.74) is 1.04. The van der Waals surface area contributed by atoms with Gasteiger partial charge in [0.15, 0.2) is 11.5 Å². The summed E-state index contributed by atoms with van der Waals surface area (Å²) < 4.78 is 11.0. The molecule has 0 amide bonds. The number of carbonyl (C=O) groups excluding carboxylic acids is 1. The summed E-state index contributed by atoms with van der Waals surface area (Å²) in [4.78, 5) is 23.7. The van der Waals surface area contributed by atoms with E-state index < -0.39 is 5.97 Å². The number of aliphatic carboxylic acids is 1. The smallest absolute Gasteiger partial charge is 0.328 e. The monoisotopic (exact) mass is 568 g/mol. The van der Waals surface area contributed by atoms with E-state index in [0.29, 0.717) is 59.0 Å². The summed E-state index contributed by atoms with van der Waals surface area (Å²) in [6.07, 6.45) is 11.3. The van der Waals surface area contributed by atoms with Crippen molar-refractivity contribution in [3.8, 4) is 11.5 Å². The topological polar surface area (TPSA) is 113 Å². The highest BCUT2D eigenvalue weighted by molar-refractivity contribution is 5.85. The van der Waals surface area contributed by atoms with Gasteiger partial charge in [-0.2, -0.15) is 0 Å². The Morgan fingerprint density at radius 3 is 2.49 bits per heavy atom. The normalized spacial score (nSPS) is 38.9. The molecule has 0 radical (unpaired) electrons. The largest absolute Gasteiger partial charge is 0.493 e. The van der Waals surface area contributed by atoms with Crippen LogP contribution in [0.5, 0.6) is 11.5 Å². The van der Waals surface area contributed by atoms with E-state index in [0.717, 1.165) is 57.4 Å². The fourth-order valence-corrected chi connectivity index (χ4v) is 9.94. The molecule has 3 N–H and O–H groups in total. The van der Waals surface area contributed by atoms with Crippen LogP contribution < -0.4 is 9.47 Å². The van der Waals surface area contributed by atoms with E-state index in [1.807, 2.05) is 0 Å². The highest BCUT2D eigenvalue weighted by atomic mass is 16.6. The van der Waals surface area contributed by atoms with Gasteiger partial charge < -0.3 is 24.8 Å². The van der Waals surface area contributed by atoms with Crippen LogP contribution in [-0.2, 0) is 9.59 Å². The number of hydrogen-bond donors (Lipinski definition) is 3. The van der Waals surface area contributed by atoms with E-state index in [1.165, 1.54) is 19.6 Å². The van der Waals surface area contributed by atoms with Gasteiger partial charge in [0.1, 0.15) is 0 Å². The number of esters is 1. The maximum absolute atomic E-state index is 12.9. The molecule has 1 unspecified atom stereocenters. The molecule has 0 heterocycles. The minimum atomic E-state index is -1.04. The Morgan fingerprint density at radius 1 is 1.02 bits per heavy atom. The Bertz CT molecular complexity index is 1160. The molecule has 7 heteroatoms. The summed E-state index contributed by atoms with van der Waals surface area (Å²) in [6.45, 7) is 7.18. The number of ether oxygens (including phenoxy) is 2. The maximum Gasteiger partial charge on any atom is 0.328 e. The van der Waals surface area contributed by atoms with Gasteiger partial charge in [-0.15, -0.1) is 0 Å². The molecule has 0 spiro atoms. The lowest BCUT2D eigenvalue weighted by Gasteiger charge is -2.62. The Kier molecular flexibility index (Phi) is 8.60. The molecule has 4 aliphatic rings. The fourth-order valence-electron chi connectivity index (χ4n) is 9.94. The van der Waals surface area contributed by atoms with Gasteiger partial charge >= 0.3 is 11.9 Å². The van der Waals surface area contributed by atoms with Crippen LogP contribution in [0.3, 0.4) is 0 Å². The Morgan fingerprint density at radius 2 is 1.76 bits per heavy atom. The number of methoxy groups -OCH3 is 1. The molecule has 0 aromatic heterocycles. The second-order valence-corrected chi connectivity index (χ2v) is 14.0. The van der Waals surface area contributed by atoms with Gasteiger partial charge in [-0.05, 0) is 128 Å². The van der Waals surface area contributed by atoms with E-state index in [1.54, 1.807) is 18.2 Å². The molecule has 0 bridgehead atoms. The van der Waals surface area contributed by atoms with E-state index in [9.17, 15) is 19.8 Å². The molecule has 7 nitrogen and oxygen atoms in total. The maximum atomic E-state index is 12.9. The van der Waals surface area contributed by atoms with Crippen LogP contribution in [0.1, 0.15) is 90.5 Å². The highest BCUT2D eigenvalue weighted by Crippen LogP contribution is 2.68. The van der Waals surface area contributed by atoms with Crippen molar-refractivity contribution in [3.05, 3.63) is 29.8 Å². The summed E-state index contributed by atoms with van der Waals surface area (Å²) >= 11 is 0. The number of fused-ring (bicyclic) bond motifs is 5. The molecule has 4 aliphatic carbocycles. The average Bonchev–Trinajstić information content (AvgIpc) is 3.29. The molecular weight excluding hydrogens is 520 g/mol. The van der Waals surface area contributed by atoms with Crippen molar-refractivity contribution in [1.29, 1.82) is 0 Å². The van der Waals surface area contributed by atoms with Crippen molar-refractivity contribution in [3.63, 3.8) is 0 Å². The lowest BCUT2D eigenvalue weighted by molar-refractivity contribution is -0.174. The standard InChI is InChI=1S/C34H48O7/c1-20(5-12-31(39)41-28-10-6-21(7-11-30(37)38)17-29(28)40-4)24-8-9-25-32-26(14-16-34(24,25)3)33(2)15-13-23(35)18-22(33)19-27(32)36/h6-7,10-11,17,20,22-27,32,35-36H,5,8-9,12-16,18-19H2,1-4H3,(H,37,38)/b11-7+/t20-,22+,23-,24-,25+,26?,27+,32+,33+,34-/m1/s1. The first-order valence-corrected chi connectivity index (χ1v) is 15.6. The number of aliphatic hydroxyl groups is 2. The third kappa shape index (κ3) is 5.69. The molecule has 0 aliphatic heterocycles. The van der Waals surface area contributed by atoms with Crippen molar-refractivity contribution in [2.75, 3.05) is 7.11 Å². The first-order chi connectivity index (χ1) is 19.5. The minimum absolute atomic E-state index is 0.172. The summed E-state index contributed by atoms with van der Waals surface area (Å²) in [6, 6.07) is 4.98. The first kappa shape index (κ1) is 30.1. The van der Waals surface area contributed by atoms with Gasteiger partial charge in [0, 0.05) is 12.5 Å². The zero-order valence-corrected chi connectivity index (χ0v) is 25.1. The highest BCUT2D eigenvalue weighted by Gasteiger charge is 2.62. The van der Waals surface area contributed by atoms with E-state index in [-0.39, 0.29) is 29.0 Å². The SMILES string of the molecule is COc1cc(/C=C/C(=O)O)ccc1OC(=O)CC[C@@H](C)[C@H]1CC[C@H]2[C@H]3C(CC[C@]12C)[C@@]1(C)CC[C@@H](O)C[C@H]1C[C@@H]3O. The molecule has 1 aromatic rings. The number of benzene rings is 1. The van der Waals surface area contributed by atoms with Crippen LogP contribution in [0.15, 0.2) is 24.3 Å². The Balaban J connectivity index is 1.21. The molecule has 5 rings (SSSR count). The summed E-state index contributed by atoms with van der Waals surface area (Å²) in [7, 11) is 1.49. The number of carboxylic acids is 1. The van der Waals surface area contributed by atoms with Crippen molar-refractivity contribution in [2.24, 2.45) is 46.3 Å². The lowest BCUT2D eigenvalue weighted by Crippen LogP contribution is -2.58. The van der Waals surface area contributed by atoms with Gasteiger partial charge in [0.2, 0.25) is 0 Å². The van der Waals surface area contributed by atoms with Crippen LogP contribution in [0, 0.1) is 46.3 Å². The molecule has 226 valence electrons. The fraction of sp³-hybridized carbons (Fsp3) is 0.706. The van der Waals surface area contributed by atoms with Crippen molar-refractivity contribution in [2.45, 2.75) is 97.2 Å². The summed E-state index contributed by atoms with van der Waals surface area (Å²) in [5.74, 6) is 2.08. The predicted molar refractivity (Wildman–Crippen MR) is 156 cm³/mol. The predicted octanol–water partition coefficient (Wildman–Crippen LogP) is 6.11. The molecule has 41 heavy (non-hydrogen) atoms. The van der Waals surface area contributed by atoms with Gasteiger partial charge in [0.25, 0.3) is 0 Å². The van der Waals surface area contributed by atoms with Gasteiger partial charge in [-0.1, -0.05) is 26.8 Å². The van der Waals surface area contributed by atoms with Crippen LogP contribution in [0.2, 0.25) is 0 Å². The second kappa shape index (κ2) is 11.7. The zero-order chi connectivity index (χ0) is 29.5. The molecule has 4 saturated carbocycles.